The van der Waals surface area contributed by atoms with Crippen LogP contribution in [0.15, 0.2) is 42.5 Å². The van der Waals surface area contributed by atoms with E-state index in [4.69, 9.17) is 4.74 Å². The summed E-state index contributed by atoms with van der Waals surface area (Å²) in [7, 11) is 3.20. The molecule has 0 radical (unpaired) electrons. The van der Waals surface area contributed by atoms with Gasteiger partial charge in [0.05, 0.1) is 12.7 Å². The third kappa shape index (κ3) is 2.60. The van der Waals surface area contributed by atoms with Crippen molar-refractivity contribution in [2.75, 3.05) is 19.5 Å². The summed E-state index contributed by atoms with van der Waals surface area (Å²) in [6.07, 6.45) is 0. The summed E-state index contributed by atoms with van der Waals surface area (Å²) in [6.45, 7) is 2.01. The Labute approximate surface area is 113 Å². The van der Waals surface area contributed by atoms with Gasteiger partial charge in [-0.25, -0.2) is 4.79 Å². The number of esters is 1. The number of aryl methyl sites for hydroxylation is 1. The number of nitrogens with one attached hydrogen (secondary N) is 1. The molecule has 0 aliphatic heterocycles. The highest BCUT2D eigenvalue weighted by molar-refractivity contribution is 6.03. The zero-order valence-corrected chi connectivity index (χ0v) is 11.4. The number of rotatable bonds is 3. The molecule has 0 saturated heterocycles. The predicted molar refractivity (Wildman–Crippen MR) is 77.5 cm³/mol. The lowest BCUT2D eigenvalue weighted by atomic mass is 9.96. The Bertz CT molecular complexity index is 591. The van der Waals surface area contributed by atoms with E-state index in [2.05, 4.69) is 5.32 Å². The van der Waals surface area contributed by atoms with Crippen LogP contribution in [0.5, 0.6) is 0 Å². The second-order valence-corrected chi connectivity index (χ2v) is 4.34. The van der Waals surface area contributed by atoms with E-state index in [1.54, 1.807) is 7.05 Å². The van der Waals surface area contributed by atoms with E-state index in [0.717, 1.165) is 22.4 Å². The van der Waals surface area contributed by atoms with Crippen molar-refractivity contribution < 1.29 is 9.53 Å². The average molecular weight is 255 g/mol. The number of methoxy groups -OCH3 is 1. The van der Waals surface area contributed by atoms with E-state index in [0.29, 0.717) is 5.56 Å². The quantitative estimate of drug-likeness (QED) is 0.853. The van der Waals surface area contributed by atoms with Crippen molar-refractivity contribution in [3.05, 3.63) is 53.6 Å². The molecule has 0 heterocycles. The minimum absolute atomic E-state index is 0.330. The fourth-order valence-corrected chi connectivity index (χ4v) is 2.15. The first-order chi connectivity index (χ1) is 9.17. The molecule has 0 aliphatic carbocycles. The summed E-state index contributed by atoms with van der Waals surface area (Å²) >= 11 is 0. The predicted octanol–water partition coefficient (Wildman–Crippen LogP) is 3.49. The fourth-order valence-electron chi connectivity index (χ4n) is 2.15. The maximum atomic E-state index is 12.0. The van der Waals surface area contributed by atoms with E-state index in [1.165, 1.54) is 7.11 Å². The molecule has 1 N–H and O–H groups in total. The van der Waals surface area contributed by atoms with Gasteiger partial charge in [-0.2, -0.15) is 0 Å². The van der Waals surface area contributed by atoms with Crippen molar-refractivity contribution in [1.29, 1.82) is 0 Å². The Kier molecular flexibility index (Phi) is 3.85. The van der Waals surface area contributed by atoms with Crippen LogP contribution >= 0.6 is 0 Å². The first kappa shape index (κ1) is 13.1. The van der Waals surface area contributed by atoms with Crippen LogP contribution in [-0.4, -0.2) is 20.1 Å². The Morgan fingerprint density at radius 2 is 1.84 bits per heavy atom. The van der Waals surface area contributed by atoms with Crippen LogP contribution in [0, 0.1) is 6.92 Å². The minimum Gasteiger partial charge on any atom is -0.465 e. The Hall–Kier alpha value is -2.29. The highest BCUT2D eigenvalue weighted by Gasteiger charge is 2.18. The second-order valence-electron chi connectivity index (χ2n) is 4.34. The molecule has 2 aromatic rings. The van der Waals surface area contributed by atoms with Crippen LogP contribution in [0.25, 0.3) is 11.1 Å². The molecule has 3 heteroatoms. The highest BCUT2D eigenvalue weighted by atomic mass is 16.5. The topological polar surface area (TPSA) is 38.3 Å². The van der Waals surface area contributed by atoms with Crippen molar-refractivity contribution in [3.63, 3.8) is 0 Å². The van der Waals surface area contributed by atoms with Gasteiger partial charge in [0.2, 0.25) is 0 Å². The minimum atomic E-state index is -0.330. The van der Waals surface area contributed by atoms with Crippen molar-refractivity contribution in [2.45, 2.75) is 6.92 Å². The summed E-state index contributed by atoms with van der Waals surface area (Å²) in [4.78, 5) is 12.0. The van der Waals surface area contributed by atoms with Crippen LogP contribution < -0.4 is 5.32 Å². The van der Waals surface area contributed by atoms with Gasteiger partial charge in [0.25, 0.3) is 0 Å². The second kappa shape index (κ2) is 5.57. The summed E-state index contributed by atoms with van der Waals surface area (Å²) in [5, 5.41) is 3.06. The number of carbonyl (C=O) groups is 1. The molecule has 0 bridgehead atoms. The van der Waals surface area contributed by atoms with Gasteiger partial charge in [-0.1, -0.05) is 36.4 Å². The normalized spacial score (nSPS) is 10.1. The SMILES string of the molecule is CNc1cc(C)cc(-c2ccccc2)c1C(=O)OC. The standard InChI is InChI=1S/C16H17NO2/c1-11-9-13(12-7-5-4-6-8-12)15(16(18)19-3)14(10-11)17-2/h4-10,17H,1-3H3. The van der Waals surface area contributed by atoms with Gasteiger partial charge in [-0.15, -0.1) is 0 Å². The van der Waals surface area contributed by atoms with Crippen molar-refractivity contribution in [2.24, 2.45) is 0 Å². The van der Waals surface area contributed by atoms with Crippen molar-refractivity contribution in [1.82, 2.24) is 0 Å². The highest BCUT2D eigenvalue weighted by Crippen LogP contribution is 2.31. The van der Waals surface area contributed by atoms with Crippen molar-refractivity contribution in [3.8, 4) is 11.1 Å². The lowest BCUT2D eigenvalue weighted by Crippen LogP contribution is -2.08. The molecule has 0 aromatic heterocycles. The van der Waals surface area contributed by atoms with Gasteiger partial charge < -0.3 is 10.1 Å². The van der Waals surface area contributed by atoms with Crippen LogP contribution in [0.3, 0.4) is 0 Å². The van der Waals surface area contributed by atoms with Gasteiger partial charge >= 0.3 is 5.97 Å². The molecule has 0 spiro atoms. The summed E-state index contributed by atoms with van der Waals surface area (Å²) in [5.41, 5.74) is 4.34. The van der Waals surface area contributed by atoms with Gasteiger partial charge in [0.15, 0.2) is 0 Å². The summed E-state index contributed by atoms with van der Waals surface area (Å²) in [6, 6.07) is 13.8. The molecule has 0 unspecified atom stereocenters. The number of carbonyl (C=O) groups excluding carboxylic acids is 1. The molecule has 98 valence electrons. The molecule has 2 aromatic carbocycles. The van der Waals surface area contributed by atoms with Crippen molar-refractivity contribution >= 4 is 11.7 Å². The fraction of sp³-hybridized carbons (Fsp3) is 0.188. The molecular weight excluding hydrogens is 238 g/mol. The first-order valence-electron chi connectivity index (χ1n) is 6.13. The largest absolute Gasteiger partial charge is 0.465 e. The molecule has 19 heavy (non-hydrogen) atoms. The van der Waals surface area contributed by atoms with E-state index in [-0.39, 0.29) is 5.97 Å². The van der Waals surface area contributed by atoms with Gasteiger partial charge in [-0.3, -0.25) is 0 Å². The molecule has 0 saturated carbocycles. The number of anilines is 1. The number of benzene rings is 2. The van der Waals surface area contributed by atoms with Gasteiger partial charge in [-0.05, 0) is 29.7 Å². The Morgan fingerprint density at radius 1 is 1.16 bits per heavy atom. The zero-order chi connectivity index (χ0) is 13.8. The number of hydrogen-bond acceptors (Lipinski definition) is 3. The van der Waals surface area contributed by atoms with E-state index >= 15 is 0 Å². The monoisotopic (exact) mass is 255 g/mol. The third-order valence-corrected chi connectivity index (χ3v) is 3.03. The van der Waals surface area contributed by atoms with Gasteiger partial charge in [0, 0.05) is 12.7 Å². The number of ether oxygens (including phenoxy) is 1. The number of hydrogen-bond donors (Lipinski definition) is 1. The maximum Gasteiger partial charge on any atom is 0.340 e. The lowest BCUT2D eigenvalue weighted by molar-refractivity contribution is 0.0602. The molecule has 0 amide bonds. The Balaban J connectivity index is 2.71. The van der Waals surface area contributed by atoms with E-state index < -0.39 is 0 Å². The smallest absolute Gasteiger partial charge is 0.340 e. The molecule has 2 rings (SSSR count). The van der Waals surface area contributed by atoms with Crippen LogP contribution in [0.2, 0.25) is 0 Å². The molecular formula is C16H17NO2. The molecule has 0 aliphatic rings. The molecule has 3 nitrogen and oxygen atoms in total. The molecule has 0 atom stereocenters. The van der Waals surface area contributed by atoms with E-state index in [1.807, 2.05) is 49.4 Å². The zero-order valence-electron chi connectivity index (χ0n) is 11.4. The van der Waals surface area contributed by atoms with Crippen LogP contribution in [0.1, 0.15) is 15.9 Å². The summed E-state index contributed by atoms with van der Waals surface area (Å²) < 4.78 is 4.90. The Morgan fingerprint density at radius 3 is 2.42 bits per heavy atom. The molecule has 0 fully saturated rings. The average Bonchev–Trinajstić information content (AvgIpc) is 2.46. The van der Waals surface area contributed by atoms with E-state index in [9.17, 15) is 4.79 Å². The van der Waals surface area contributed by atoms with Crippen LogP contribution in [0.4, 0.5) is 5.69 Å². The third-order valence-electron chi connectivity index (χ3n) is 3.03. The van der Waals surface area contributed by atoms with Gasteiger partial charge in [0.1, 0.15) is 0 Å². The maximum absolute atomic E-state index is 12.0. The lowest BCUT2D eigenvalue weighted by Gasteiger charge is -2.14. The van der Waals surface area contributed by atoms with Crippen LogP contribution in [-0.2, 0) is 4.74 Å². The first-order valence-corrected chi connectivity index (χ1v) is 6.13. The summed E-state index contributed by atoms with van der Waals surface area (Å²) in [5.74, 6) is -0.330.